The summed E-state index contributed by atoms with van der Waals surface area (Å²) in [6, 6.07) is 11.6. The van der Waals surface area contributed by atoms with Gasteiger partial charge in [0.25, 0.3) is 17.7 Å². The summed E-state index contributed by atoms with van der Waals surface area (Å²) in [7, 11) is 0. The van der Waals surface area contributed by atoms with E-state index < -0.39 is 5.97 Å². The Morgan fingerprint density at radius 2 is 1.56 bits per heavy atom. The number of carboxylic acid groups (broad SMARTS) is 1. The van der Waals surface area contributed by atoms with Crippen LogP contribution in [0.3, 0.4) is 0 Å². The van der Waals surface area contributed by atoms with E-state index in [-0.39, 0.29) is 54.2 Å². The van der Waals surface area contributed by atoms with Crippen LogP contribution < -0.4 is 10.6 Å². The molecule has 0 atom stereocenters. The molecule has 3 N–H and O–H groups in total. The maximum absolute atomic E-state index is 13.8. The summed E-state index contributed by atoms with van der Waals surface area (Å²) in [6.45, 7) is 7.14. The van der Waals surface area contributed by atoms with Crippen molar-refractivity contribution >= 4 is 35.4 Å². The van der Waals surface area contributed by atoms with Crippen LogP contribution in [-0.4, -0.2) is 63.3 Å². The van der Waals surface area contributed by atoms with Gasteiger partial charge in [0.05, 0.1) is 17.5 Å². The molecule has 43 heavy (non-hydrogen) atoms. The molecule has 2 aromatic carbocycles. The van der Waals surface area contributed by atoms with E-state index in [1.807, 2.05) is 4.90 Å². The molecule has 2 aliphatic carbocycles. The number of carbonyl (C=O) groups excluding carboxylic acids is 4. The summed E-state index contributed by atoms with van der Waals surface area (Å²) in [6.07, 6.45) is 5.27. The molecule has 0 unspecified atom stereocenters. The average molecular weight is 589 g/mol. The minimum absolute atomic E-state index is 0.0144. The monoisotopic (exact) mass is 588 g/mol. The van der Waals surface area contributed by atoms with Crippen LogP contribution in [0.25, 0.3) is 0 Å². The fraction of sp³-hybridized carbons (Fsp3) is 0.485. The number of aliphatic carboxylic acids is 1. The van der Waals surface area contributed by atoms with E-state index in [2.05, 4.69) is 31.4 Å². The van der Waals surface area contributed by atoms with Crippen LogP contribution in [0.1, 0.15) is 102 Å². The van der Waals surface area contributed by atoms with Crippen LogP contribution in [0.2, 0.25) is 0 Å². The van der Waals surface area contributed by atoms with Gasteiger partial charge in [0.15, 0.2) is 0 Å². The molecule has 0 aromatic heterocycles. The highest BCUT2D eigenvalue weighted by Gasteiger charge is 2.44. The van der Waals surface area contributed by atoms with E-state index in [0.717, 1.165) is 44.1 Å². The average Bonchev–Trinajstić information content (AvgIpc) is 3.77. The van der Waals surface area contributed by atoms with Gasteiger partial charge < -0.3 is 20.6 Å². The van der Waals surface area contributed by atoms with Crippen LogP contribution in [0.15, 0.2) is 42.5 Å². The second-order valence-corrected chi connectivity index (χ2v) is 13.0. The molecule has 10 nitrogen and oxygen atoms in total. The molecule has 0 bridgehead atoms. The lowest BCUT2D eigenvalue weighted by Crippen LogP contribution is -2.45. The first-order valence-electron chi connectivity index (χ1n) is 15.1. The summed E-state index contributed by atoms with van der Waals surface area (Å²) >= 11 is 0. The van der Waals surface area contributed by atoms with Crippen molar-refractivity contribution < 1.29 is 29.1 Å². The number of nitrogens with one attached hydrogen (secondary N) is 2. The van der Waals surface area contributed by atoms with E-state index in [1.165, 1.54) is 4.90 Å². The molecule has 5 rings (SSSR count). The highest BCUT2D eigenvalue weighted by Crippen LogP contribution is 2.40. The lowest BCUT2D eigenvalue weighted by molar-refractivity contribution is -0.136. The fourth-order valence-electron chi connectivity index (χ4n) is 6.16. The van der Waals surface area contributed by atoms with Gasteiger partial charge >= 0.3 is 12.0 Å². The van der Waals surface area contributed by atoms with E-state index in [1.54, 1.807) is 42.5 Å². The molecular weight excluding hydrogens is 548 g/mol. The molecule has 2 aromatic rings. The van der Waals surface area contributed by atoms with Gasteiger partial charge in [-0.25, -0.2) is 4.79 Å². The first-order valence-corrected chi connectivity index (χ1v) is 15.1. The molecule has 1 heterocycles. The van der Waals surface area contributed by atoms with Gasteiger partial charge in [-0.1, -0.05) is 32.9 Å². The molecule has 0 radical (unpaired) electrons. The van der Waals surface area contributed by atoms with Gasteiger partial charge in [-0.05, 0) is 85.8 Å². The third-order valence-corrected chi connectivity index (χ3v) is 8.90. The molecule has 0 saturated heterocycles. The number of imide groups is 1. The Labute approximate surface area is 251 Å². The zero-order valence-electron chi connectivity index (χ0n) is 25.0. The van der Waals surface area contributed by atoms with Crippen LogP contribution in [0, 0.1) is 11.3 Å². The van der Waals surface area contributed by atoms with Gasteiger partial charge in [-0.3, -0.25) is 24.1 Å². The number of hydrogen-bond acceptors (Lipinski definition) is 5. The van der Waals surface area contributed by atoms with Crippen molar-refractivity contribution in [2.45, 2.75) is 84.3 Å². The van der Waals surface area contributed by atoms with Gasteiger partial charge in [-0.15, -0.1) is 0 Å². The number of urea groups is 1. The first kappa shape index (κ1) is 30.3. The van der Waals surface area contributed by atoms with Crippen LogP contribution in [-0.2, 0) is 11.3 Å². The minimum atomic E-state index is -0.981. The molecule has 228 valence electrons. The minimum Gasteiger partial charge on any atom is -0.481 e. The zero-order valence-corrected chi connectivity index (χ0v) is 25.0. The number of benzene rings is 2. The fourth-order valence-corrected chi connectivity index (χ4v) is 6.16. The summed E-state index contributed by atoms with van der Waals surface area (Å²) in [5.74, 6) is -1.33. The Hall–Kier alpha value is -4.21. The Morgan fingerprint density at radius 3 is 2.16 bits per heavy atom. The zero-order chi connectivity index (χ0) is 30.9. The highest BCUT2D eigenvalue weighted by molar-refractivity contribution is 6.22. The van der Waals surface area contributed by atoms with Crippen molar-refractivity contribution in [3.8, 4) is 0 Å². The molecule has 3 aliphatic rings. The second kappa shape index (κ2) is 12.2. The number of amides is 5. The maximum Gasteiger partial charge on any atom is 0.322 e. The summed E-state index contributed by atoms with van der Waals surface area (Å²) in [5, 5.41) is 14.4. The topological polar surface area (TPSA) is 136 Å². The molecular formula is C33H40N4O6. The lowest BCUT2D eigenvalue weighted by atomic mass is 9.71. The van der Waals surface area contributed by atoms with Crippen molar-refractivity contribution in [2.75, 3.05) is 11.9 Å². The Balaban J connectivity index is 1.31. The predicted octanol–water partition coefficient (Wildman–Crippen LogP) is 5.29. The maximum atomic E-state index is 13.8. The normalized spacial score (nSPS) is 20.0. The Morgan fingerprint density at radius 1 is 0.907 bits per heavy atom. The molecule has 2 saturated carbocycles. The number of rotatable bonds is 9. The van der Waals surface area contributed by atoms with Gasteiger partial charge in [0, 0.05) is 36.4 Å². The van der Waals surface area contributed by atoms with Gasteiger partial charge in [-0.2, -0.15) is 0 Å². The van der Waals surface area contributed by atoms with E-state index in [9.17, 15) is 24.0 Å². The largest absolute Gasteiger partial charge is 0.481 e. The van der Waals surface area contributed by atoms with E-state index in [4.69, 9.17) is 5.11 Å². The first-order chi connectivity index (χ1) is 20.4. The van der Waals surface area contributed by atoms with Crippen LogP contribution in [0.4, 0.5) is 10.5 Å². The predicted molar refractivity (Wildman–Crippen MR) is 161 cm³/mol. The Kier molecular flexibility index (Phi) is 8.57. The number of carbonyl (C=O) groups is 5. The standard InChI is InChI=1S/C33H40N4O6/c1-33(2,3)22-8-11-24(12-9-22)36(19-20-4-6-21(7-5-20)29(40)34-17-16-28(38)39)32(43)35-23-10-15-26-27(18-23)31(42)37(30(26)41)25-13-14-25/h4-7,10,15,18,22,24-25H,8-9,11-14,16-17,19H2,1-3H3,(H,34,40)(H,35,43)(H,38,39). The summed E-state index contributed by atoms with van der Waals surface area (Å²) < 4.78 is 0. The highest BCUT2D eigenvalue weighted by atomic mass is 16.4. The smallest absolute Gasteiger partial charge is 0.322 e. The third kappa shape index (κ3) is 6.89. The number of carboxylic acids is 1. The summed E-state index contributed by atoms with van der Waals surface area (Å²) in [4.78, 5) is 65.8. The molecule has 1 aliphatic heterocycles. The van der Waals surface area contributed by atoms with Gasteiger partial charge in [0.1, 0.15) is 0 Å². The molecule has 5 amide bonds. The molecule has 10 heteroatoms. The second-order valence-electron chi connectivity index (χ2n) is 13.0. The van der Waals surface area contributed by atoms with Crippen LogP contribution >= 0.6 is 0 Å². The summed E-state index contributed by atoms with van der Waals surface area (Å²) in [5.41, 5.74) is 2.62. The number of nitrogens with zero attached hydrogens (tertiary/aromatic N) is 2. The van der Waals surface area contributed by atoms with Gasteiger partial charge in [0.2, 0.25) is 0 Å². The number of anilines is 1. The van der Waals surface area contributed by atoms with Crippen molar-refractivity contribution in [2.24, 2.45) is 11.3 Å². The third-order valence-electron chi connectivity index (χ3n) is 8.90. The molecule has 2 fully saturated rings. The van der Waals surface area contributed by atoms with Crippen molar-refractivity contribution in [3.05, 3.63) is 64.7 Å². The molecule has 0 spiro atoms. The van der Waals surface area contributed by atoms with E-state index >= 15 is 0 Å². The van der Waals surface area contributed by atoms with Crippen molar-refractivity contribution in [3.63, 3.8) is 0 Å². The van der Waals surface area contributed by atoms with Crippen molar-refractivity contribution in [1.29, 1.82) is 0 Å². The Bertz CT molecular complexity index is 1420. The van der Waals surface area contributed by atoms with Crippen molar-refractivity contribution in [1.82, 2.24) is 15.1 Å². The SMILES string of the molecule is CC(C)(C)C1CCC(N(Cc2ccc(C(=O)NCCC(=O)O)cc2)C(=O)Nc2ccc3c(c2)C(=O)N(C2CC2)C3=O)CC1. The number of hydrogen-bond donors (Lipinski definition) is 3. The lowest BCUT2D eigenvalue weighted by Gasteiger charge is -2.41. The number of fused-ring (bicyclic) bond motifs is 1. The van der Waals surface area contributed by atoms with Crippen LogP contribution in [0.5, 0.6) is 0 Å². The quantitative estimate of drug-likeness (QED) is 0.341. The van der Waals surface area contributed by atoms with E-state index in [0.29, 0.717) is 34.8 Å².